The lowest BCUT2D eigenvalue weighted by Gasteiger charge is -2.11. The third-order valence-electron chi connectivity index (χ3n) is 3.36. The summed E-state index contributed by atoms with van der Waals surface area (Å²) in [4.78, 5) is 23.2. The molecule has 0 aliphatic heterocycles. The fourth-order valence-electron chi connectivity index (χ4n) is 2.22. The second kappa shape index (κ2) is 8.06. The van der Waals surface area contributed by atoms with E-state index in [1.54, 1.807) is 24.3 Å². The van der Waals surface area contributed by atoms with E-state index in [4.69, 9.17) is 0 Å². The lowest BCUT2D eigenvalue weighted by molar-refractivity contribution is -0.114. The summed E-state index contributed by atoms with van der Waals surface area (Å²) >= 11 is 0. The molecule has 0 aromatic heterocycles. The number of carbonyl (C=O) groups is 2. The van der Waals surface area contributed by atoms with Crippen LogP contribution >= 0.6 is 0 Å². The first-order valence-corrected chi connectivity index (χ1v) is 7.78. The molecule has 0 unspecified atom stereocenters. The first-order valence-electron chi connectivity index (χ1n) is 7.78. The summed E-state index contributed by atoms with van der Waals surface area (Å²) in [5.74, 6) is -0.269. The van der Waals surface area contributed by atoms with Crippen molar-refractivity contribution in [2.75, 3.05) is 5.32 Å². The van der Waals surface area contributed by atoms with Crippen LogP contribution in [0.4, 0.5) is 5.69 Å². The van der Waals surface area contributed by atoms with Crippen molar-refractivity contribution in [3.8, 4) is 0 Å². The maximum atomic E-state index is 12.2. The van der Waals surface area contributed by atoms with E-state index in [0.717, 1.165) is 11.3 Å². The predicted octanol–water partition coefficient (Wildman–Crippen LogP) is 3.44. The van der Waals surface area contributed by atoms with E-state index >= 15 is 0 Å². The Kier molecular flexibility index (Phi) is 5.84. The summed E-state index contributed by atoms with van der Waals surface area (Å²) < 4.78 is 0. The van der Waals surface area contributed by atoms with E-state index in [-0.39, 0.29) is 17.7 Å². The molecule has 2 N–H and O–H groups in total. The molecular formula is C19H21N3O2. The molecule has 2 aromatic rings. The standard InChI is InChI=1S/C19H21N3O2/c1-13(2)18(15-7-5-4-6-8-15)21-22-19(24)16-9-11-17(12-10-16)20-14(3)23/h4-13H,1-3H3,(H,20,23)(H,22,24)/b21-18-. The van der Waals surface area contributed by atoms with Gasteiger partial charge >= 0.3 is 0 Å². The zero-order valence-corrected chi connectivity index (χ0v) is 14.0. The number of nitrogens with one attached hydrogen (secondary N) is 2. The Morgan fingerprint density at radius 3 is 2.08 bits per heavy atom. The van der Waals surface area contributed by atoms with Crippen LogP contribution in [0.15, 0.2) is 59.7 Å². The molecule has 24 heavy (non-hydrogen) atoms. The second-order valence-corrected chi connectivity index (χ2v) is 5.72. The Bertz CT molecular complexity index is 735. The van der Waals surface area contributed by atoms with Crippen molar-refractivity contribution in [2.45, 2.75) is 20.8 Å². The summed E-state index contributed by atoms with van der Waals surface area (Å²) in [6.45, 7) is 5.49. The van der Waals surface area contributed by atoms with E-state index < -0.39 is 0 Å². The van der Waals surface area contributed by atoms with Crippen molar-refractivity contribution in [2.24, 2.45) is 11.0 Å². The van der Waals surface area contributed by atoms with Gasteiger partial charge in [-0.3, -0.25) is 9.59 Å². The van der Waals surface area contributed by atoms with Crippen LogP contribution in [0.1, 0.15) is 36.7 Å². The van der Waals surface area contributed by atoms with Gasteiger partial charge < -0.3 is 5.32 Å². The number of anilines is 1. The third kappa shape index (κ3) is 4.78. The smallest absolute Gasteiger partial charge is 0.271 e. The van der Waals surface area contributed by atoms with Gasteiger partial charge in [-0.2, -0.15) is 5.10 Å². The Morgan fingerprint density at radius 2 is 1.54 bits per heavy atom. The van der Waals surface area contributed by atoms with E-state index in [1.165, 1.54) is 6.92 Å². The Morgan fingerprint density at radius 1 is 0.917 bits per heavy atom. The second-order valence-electron chi connectivity index (χ2n) is 5.72. The number of carbonyl (C=O) groups excluding carboxylic acids is 2. The largest absolute Gasteiger partial charge is 0.326 e. The predicted molar refractivity (Wildman–Crippen MR) is 96.0 cm³/mol. The van der Waals surface area contributed by atoms with Gasteiger partial charge in [-0.1, -0.05) is 44.2 Å². The fourth-order valence-corrected chi connectivity index (χ4v) is 2.22. The molecule has 0 spiro atoms. The normalized spacial score (nSPS) is 11.2. The Balaban J connectivity index is 2.11. The van der Waals surface area contributed by atoms with Crippen LogP contribution in [-0.2, 0) is 4.79 Å². The van der Waals surface area contributed by atoms with Crippen molar-refractivity contribution >= 4 is 23.2 Å². The van der Waals surface area contributed by atoms with Gasteiger partial charge in [0.2, 0.25) is 5.91 Å². The van der Waals surface area contributed by atoms with Crippen molar-refractivity contribution < 1.29 is 9.59 Å². The lowest BCUT2D eigenvalue weighted by atomic mass is 10.0. The van der Waals surface area contributed by atoms with Crippen LogP contribution < -0.4 is 10.7 Å². The quantitative estimate of drug-likeness (QED) is 0.653. The average Bonchev–Trinajstić information content (AvgIpc) is 2.55. The van der Waals surface area contributed by atoms with Gasteiger partial charge in [-0.25, -0.2) is 5.43 Å². The highest BCUT2D eigenvalue weighted by Crippen LogP contribution is 2.11. The van der Waals surface area contributed by atoms with Crippen LogP contribution in [0.2, 0.25) is 0 Å². The van der Waals surface area contributed by atoms with Gasteiger partial charge in [0.15, 0.2) is 0 Å². The molecule has 0 aliphatic carbocycles. The minimum absolute atomic E-state index is 0.152. The molecule has 124 valence electrons. The molecule has 2 amide bonds. The molecule has 0 atom stereocenters. The van der Waals surface area contributed by atoms with Crippen molar-refractivity contribution in [1.82, 2.24) is 5.43 Å². The SMILES string of the molecule is CC(=O)Nc1ccc(C(=O)N/N=C(\c2ccccc2)C(C)C)cc1. The molecular weight excluding hydrogens is 302 g/mol. The van der Waals surface area contributed by atoms with Gasteiger partial charge in [0, 0.05) is 18.2 Å². The van der Waals surface area contributed by atoms with Gasteiger partial charge in [-0.05, 0) is 35.7 Å². The van der Waals surface area contributed by atoms with Crippen LogP contribution in [-0.4, -0.2) is 17.5 Å². The lowest BCUT2D eigenvalue weighted by Crippen LogP contribution is -2.22. The molecule has 0 saturated carbocycles. The number of hydrazone groups is 1. The number of rotatable bonds is 5. The minimum Gasteiger partial charge on any atom is -0.326 e. The highest BCUT2D eigenvalue weighted by molar-refractivity contribution is 6.03. The zero-order chi connectivity index (χ0) is 17.5. The van der Waals surface area contributed by atoms with Gasteiger partial charge in [-0.15, -0.1) is 0 Å². The molecule has 0 saturated heterocycles. The van der Waals surface area contributed by atoms with E-state index in [1.807, 2.05) is 44.2 Å². The number of hydrogen-bond donors (Lipinski definition) is 2. The zero-order valence-electron chi connectivity index (χ0n) is 14.0. The fraction of sp³-hybridized carbons (Fsp3) is 0.211. The number of nitrogens with zero attached hydrogens (tertiary/aromatic N) is 1. The van der Waals surface area contributed by atoms with Crippen molar-refractivity contribution in [1.29, 1.82) is 0 Å². The summed E-state index contributed by atoms with van der Waals surface area (Å²) in [6, 6.07) is 16.4. The minimum atomic E-state index is -0.293. The Hall–Kier alpha value is -2.95. The van der Waals surface area contributed by atoms with Gasteiger partial charge in [0.25, 0.3) is 5.91 Å². The topological polar surface area (TPSA) is 70.6 Å². The summed E-state index contributed by atoms with van der Waals surface area (Å²) in [5, 5.41) is 6.95. The molecule has 5 nitrogen and oxygen atoms in total. The van der Waals surface area contributed by atoms with Gasteiger partial charge in [0.05, 0.1) is 5.71 Å². The molecule has 0 bridgehead atoms. The molecule has 0 heterocycles. The maximum absolute atomic E-state index is 12.2. The van der Waals surface area contributed by atoms with Gasteiger partial charge in [0.1, 0.15) is 0 Å². The van der Waals surface area contributed by atoms with Crippen LogP contribution in [0.5, 0.6) is 0 Å². The molecule has 2 aromatic carbocycles. The van der Waals surface area contributed by atoms with E-state index in [2.05, 4.69) is 15.8 Å². The summed E-state index contributed by atoms with van der Waals surface area (Å²) in [7, 11) is 0. The van der Waals surface area contributed by atoms with Crippen LogP contribution in [0.3, 0.4) is 0 Å². The molecule has 0 fully saturated rings. The summed E-state index contributed by atoms with van der Waals surface area (Å²) in [5.41, 5.74) is 5.52. The van der Waals surface area contributed by atoms with Crippen molar-refractivity contribution in [3.05, 3.63) is 65.7 Å². The van der Waals surface area contributed by atoms with Crippen molar-refractivity contribution in [3.63, 3.8) is 0 Å². The Labute approximate surface area is 141 Å². The highest BCUT2D eigenvalue weighted by Gasteiger charge is 2.10. The van der Waals surface area contributed by atoms with Crippen LogP contribution in [0, 0.1) is 5.92 Å². The molecule has 2 rings (SSSR count). The molecule has 0 aliphatic rings. The molecule has 5 heteroatoms. The monoisotopic (exact) mass is 323 g/mol. The molecule has 0 radical (unpaired) electrons. The number of benzene rings is 2. The maximum Gasteiger partial charge on any atom is 0.271 e. The highest BCUT2D eigenvalue weighted by atomic mass is 16.2. The number of amides is 2. The summed E-state index contributed by atoms with van der Waals surface area (Å²) in [6.07, 6.45) is 0. The first-order chi connectivity index (χ1) is 11.5. The first kappa shape index (κ1) is 17.4. The van der Waals surface area contributed by atoms with Crippen LogP contribution in [0.25, 0.3) is 0 Å². The number of hydrogen-bond acceptors (Lipinski definition) is 3. The van der Waals surface area contributed by atoms with E-state index in [0.29, 0.717) is 11.3 Å². The van der Waals surface area contributed by atoms with E-state index in [9.17, 15) is 9.59 Å². The average molecular weight is 323 g/mol. The third-order valence-corrected chi connectivity index (χ3v) is 3.36.